The van der Waals surface area contributed by atoms with Gasteiger partial charge >= 0.3 is 25.6 Å². The summed E-state index contributed by atoms with van der Waals surface area (Å²) in [4.78, 5) is 0. The molecule has 0 aromatic carbocycles. The van der Waals surface area contributed by atoms with Crippen LogP contribution in [0.15, 0.2) is 11.6 Å². The maximum Gasteiger partial charge on any atom is 0.419 e. The lowest BCUT2D eigenvalue weighted by Crippen LogP contribution is -2.34. The largest absolute Gasteiger partial charge is 0.419 e. The van der Waals surface area contributed by atoms with Crippen LogP contribution >= 0.6 is 7.60 Å². The summed E-state index contributed by atoms with van der Waals surface area (Å²) in [6.45, 7) is 4.25. The van der Waals surface area contributed by atoms with E-state index in [0.717, 1.165) is 27.7 Å². The lowest BCUT2D eigenvalue weighted by atomic mass is 10.2. The fraction of sp³-hybridized carbons (Fsp3) is 0.818. The van der Waals surface area contributed by atoms with Crippen LogP contribution in [0.25, 0.3) is 0 Å². The van der Waals surface area contributed by atoms with Crippen molar-refractivity contribution in [1.29, 1.82) is 0 Å². The van der Waals surface area contributed by atoms with Crippen molar-refractivity contribution in [2.45, 2.75) is 57.9 Å². The number of rotatable bonds is 6. The smallest absolute Gasteiger partial charge is 0.301 e. The van der Waals surface area contributed by atoms with Crippen LogP contribution in [-0.4, -0.2) is 30.2 Å². The predicted molar refractivity (Wildman–Crippen MR) is 65.2 cm³/mol. The van der Waals surface area contributed by atoms with E-state index in [1.165, 1.54) is 0 Å². The molecule has 0 bridgehead atoms. The van der Waals surface area contributed by atoms with Gasteiger partial charge in [-0.05, 0) is 27.7 Å². The van der Waals surface area contributed by atoms with Gasteiger partial charge in [0.2, 0.25) is 0 Å². The maximum atomic E-state index is 14.1. The topological polar surface area (TPSA) is 35.5 Å². The van der Waals surface area contributed by atoms with Gasteiger partial charge < -0.3 is 9.05 Å². The van der Waals surface area contributed by atoms with E-state index in [0.29, 0.717) is 0 Å². The highest BCUT2D eigenvalue weighted by atomic mass is 31.2. The molecule has 0 aromatic rings. The van der Waals surface area contributed by atoms with Gasteiger partial charge in [-0.25, -0.2) is 0 Å². The molecule has 0 aliphatic carbocycles. The highest BCUT2D eigenvalue weighted by molar-refractivity contribution is 7.55. The molecule has 0 N–H and O–H groups in total. The molecule has 0 spiro atoms. The van der Waals surface area contributed by atoms with Crippen molar-refractivity contribution in [3.63, 3.8) is 0 Å². The Balaban J connectivity index is 6.27. The van der Waals surface area contributed by atoms with Gasteiger partial charge in [0.25, 0.3) is 0 Å². The van der Waals surface area contributed by atoms with Crippen molar-refractivity contribution in [2.24, 2.45) is 0 Å². The van der Waals surface area contributed by atoms with Crippen LogP contribution in [0.5, 0.6) is 0 Å². The molecule has 3 nitrogen and oxygen atoms in total. The first kappa shape index (κ1) is 22.3. The van der Waals surface area contributed by atoms with E-state index in [-0.39, 0.29) is 0 Å². The number of hydrogen-bond acceptors (Lipinski definition) is 3. The van der Waals surface area contributed by atoms with Crippen LogP contribution in [-0.2, 0) is 13.6 Å². The van der Waals surface area contributed by atoms with Crippen molar-refractivity contribution in [3.05, 3.63) is 11.6 Å². The monoisotopic (exact) mass is 378 g/mol. The lowest BCUT2D eigenvalue weighted by Gasteiger charge is -2.31. The van der Waals surface area contributed by atoms with E-state index in [4.69, 9.17) is 0 Å². The Hall–Kier alpha value is -0.670. The molecule has 0 rings (SSSR count). The van der Waals surface area contributed by atoms with Crippen molar-refractivity contribution in [1.82, 2.24) is 0 Å². The Kier molecular flexibility index (Phi) is 6.86. The Labute approximate surface area is 127 Å². The number of halogens is 8. The Bertz CT molecular complexity index is 465. The van der Waals surface area contributed by atoms with Gasteiger partial charge in [0, 0.05) is 6.08 Å². The second-order valence-corrected chi connectivity index (χ2v) is 6.92. The minimum atomic E-state index is -6.10. The summed E-state index contributed by atoms with van der Waals surface area (Å²) >= 11 is 0. The van der Waals surface area contributed by atoms with Gasteiger partial charge in [-0.2, -0.15) is 35.1 Å². The molecule has 138 valence electrons. The van der Waals surface area contributed by atoms with Crippen molar-refractivity contribution < 1.29 is 48.7 Å². The van der Waals surface area contributed by atoms with Crippen molar-refractivity contribution in [3.8, 4) is 0 Å². The average Bonchev–Trinajstić information content (AvgIpc) is 2.20. The highest BCUT2D eigenvalue weighted by Gasteiger charge is 2.65. The molecule has 0 heterocycles. The van der Waals surface area contributed by atoms with E-state index in [1.54, 1.807) is 0 Å². The third-order valence-corrected chi connectivity index (χ3v) is 4.31. The summed E-state index contributed by atoms with van der Waals surface area (Å²) in [5.41, 5.74) is -8.89. The molecule has 0 saturated carbocycles. The van der Waals surface area contributed by atoms with Crippen LogP contribution in [0.1, 0.15) is 27.7 Å². The molecule has 0 saturated heterocycles. The van der Waals surface area contributed by atoms with Crippen LogP contribution in [0.3, 0.4) is 0 Å². The summed E-state index contributed by atoms with van der Waals surface area (Å²) in [5.74, 6) is 0. The molecule has 0 unspecified atom stereocenters. The summed E-state index contributed by atoms with van der Waals surface area (Å²) in [7, 11) is -5.89. The summed E-state index contributed by atoms with van der Waals surface area (Å²) in [6.07, 6.45) is -16.0. The van der Waals surface area contributed by atoms with E-state index < -0.39 is 49.5 Å². The van der Waals surface area contributed by atoms with Gasteiger partial charge in [0.15, 0.2) is 0 Å². The van der Waals surface area contributed by atoms with Crippen molar-refractivity contribution >= 4 is 7.60 Å². The second-order valence-electron chi connectivity index (χ2n) is 4.94. The molecule has 0 aliphatic heterocycles. The first-order chi connectivity index (χ1) is 9.92. The fourth-order valence-electron chi connectivity index (χ4n) is 1.36. The molecule has 0 radical (unpaired) electrons. The first-order valence-corrected chi connectivity index (χ1v) is 7.68. The van der Waals surface area contributed by atoms with Crippen LogP contribution in [0.4, 0.5) is 35.1 Å². The quantitative estimate of drug-likeness (QED) is 0.339. The Morgan fingerprint density at radius 1 is 0.870 bits per heavy atom. The molecule has 0 atom stereocenters. The first-order valence-electron chi connectivity index (χ1n) is 6.14. The zero-order valence-electron chi connectivity index (χ0n) is 12.4. The summed E-state index contributed by atoms with van der Waals surface area (Å²) in [5, 5.41) is 0. The Morgan fingerprint density at radius 2 is 1.22 bits per heavy atom. The molecular weight excluding hydrogens is 363 g/mol. The number of alkyl halides is 8. The molecular formula is C11H15F8O3P. The third-order valence-electron chi connectivity index (χ3n) is 1.98. The van der Waals surface area contributed by atoms with Gasteiger partial charge in [0.1, 0.15) is 5.57 Å². The summed E-state index contributed by atoms with van der Waals surface area (Å²) in [6, 6.07) is 0. The van der Waals surface area contributed by atoms with Gasteiger partial charge in [-0.1, -0.05) is 0 Å². The van der Waals surface area contributed by atoms with Gasteiger partial charge in [-0.3, -0.25) is 4.57 Å². The van der Waals surface area contributed by atoms with E-state index >= 15 is 0 Å². The molecule has 0 amide bonds. The standard InChI is InChI=1S/C11H15F8O3P/c1-6(2)21-23(20,22-7(3)4)11(18,19)8(10(15,16)17)5-9(12,13)14/h5-7H,1-4H3. The SMILES string of the molecule is CC(C)OP(=O)(OC(C)C)C(F)(F)C(=CC(F)(F)F)C(F)(F)F. The van der Waals surface area contributed by atoms with E-state index in [1.807, 2.05) is 0 Å². The van der Waals surface area contributed by atoms with Crippen LogP contribution < -0.4 is 0 Å². The van der Waals surface area contributed by atoms with Crippen LogP contribution in [0, 0.1) is 0 Å². The highest BCUT2D eigenvalue weighted by Crippen LogP contribution is 2.68. The molecule has 12 heteroatoms. The molecule has 23 heavy (non-hydrogen) atoms. The zero-order chi connectivity index (χ0) is 18.9. The lowest BCUT2D eigenvalue weighted by molar-refractivity contribution is -0.130. The van der Waals surface area contributed by atoms with Gasteiger partial charge in [0.05, 0.1) is 12.2 Å². The van der Waals surface area contributed by atoms with Crippen LogP contribution in [0.2, 0.25) is 0 Å². The minimum absolute atomic E-state index is 1.06. The zero-order valence-corrected chi connectivity index (χ0v) is 13.3. The minimum Gasteiger partial charge on any atom is -0.301 e. The van der Waals surface area contributed by atoms with Gasteiger partial charge in [-0.15, -0.1) is 0 Å². The summed E-state index contributed by atoms with van der Waals surface area (Å²) < 4.78 is 123. The Morgan fingerprint density at radius 3 is 1.43 bits per heavy atom. The average molecular weight is 378 g/mol. The van der Waals surface area contributed by atoms with E-state index in [9.17, 15) is 39.7 Å². The molecule has 0 fully saturated rings. The second kappa shape index (κ2) is 7.06. The maximum absolute atomic E-state index is 14.1. The third kappa shape index (κ3) is 6.39. The number of allylic oxidation sites excluding steroid dienone is 2. The molecule has 0 aliphatic rings. The fourth-order valence-corrected chi connectivity index (χ4v) is 3.27. The molecule has 0 aromatic heterocycles. The normalized spacial score (nSPS) is 15.7. The van der Waals surface area contributed by atoms with E-state index in [2.05, 4.69) is 9.05 Å². The predicted octanol–water partition coefficient (Wildman–Crippen LogP) is 5.67. The number of hydrogen-bond donors (Lipinski definition) is 0. The van der Waals surface area contributed by atoms with Crippen molar-refractivity contribution in [2.75, 3.05) is 0 Å².